The predicted molar refractivity (Wildman–Crippen MR) is 100 cm³/mol. The van der Waals surface area contributed by atoms with Crippen molar-refractivity contribution in [2.75, 3.05) is 5.32 Å². The lowest BCUT2D eigenvalue weighted by Crippen LogP contribution is -2.16. The van der Waals surface area contributed by atoms with Crippen molar-refractivity contribution < 1.29 is 4.79 Å². The number of para-hydroxylation sites is 1. The maximum atomic E-state index is 12.6. The molecule has 0 fully saturated rings. The molecule has 26 heavy (non-hydrogen) atoms. The van der Waals surface area contributed by atoms with Crippen LogP contribution in [0.15, 0.2) is 60.8 Å². The molecule has 0 saturated heterocycles. The third kappa shape index (κ3) is 3.02. The molecule has 7 heteroatoms. The van der Waals surface area contributed by atoms with Crippen molar-refractivity contribution in [2.24, 2.45) is 0 Å². The highest BCUT2D eigenvalue weighted by Crippen LogP contribution is 2.20. The number of hydrogen-bond acceptors (Lipinski definition) is 4. The second kappa shape index (κ2) is 6.57. The molecule has 4 rings (SSSR count). The van der Waals surface area contributed by atoms with Crippen LogP contribution in [-0.2, 0) is 0 Å². The topological polar surface area (TPSA) is 72.2 Å². The van der Waals surface area contributed by atoms with Gasteiger partial charge in [0.25, 0.3) is 11.7 Å². The van der Waals surface area contributed by atoms with Crippen LogP contribution >= 0.6 is 11.6 Å². The average molecular weight is 364 g/mol. The van der Waals surface area contributed by atoms with Gasteiger partial charge >= 0.3 is 0 Å². The van der Waals surface area contributed by atoms with Crippen molar-refractivity contribution in [3.63, 3.8) is 0 Å². The highest BCUT2D eigenvalue weighted by molar-refractivity contribution is 6.30. The minimum atomic E-state index is -0.244. The summed E-state index contributed by atoms with van der Waals surface area (Å²) in [6.07, 6.45) is 1.52. The van der Waals surface area contributed by atoms with Crippen LogP contribution in [0, 0.1) is 6.92 Å². The van der Waals surface area contributed by atoms with Crippen molar-refractivity contribution >= 4 is 29.0 Å². The van der Waals surface area contributed by atoms with E-state index in [1.807, 2.05) is 49.4 Å². The van der Waals surface area contributed by atoms with Gasteiger partial charge in [-0.15, -0.1) is 5.10 Å². The van der Waals surface area contributed by atoms with Crippen LogP contribution in [0.4, 0.5) is 5.69 Å². The third-order valence-corrected chi connectivity index (χ3v) is 4.24. The number of aryl methyl sites for hydroxylation is 1. The number of carbonyl (C=O) groups is 1. The van der Waals surface area contributed by atoms with Gasteiger partial charge in [0.2, 0.25) is 0 Å². The largest absolute Gasteiger partial charge is 0.322 e. The Morgan fingerprint density at radius 3 is 2.54 bits per heavy atom. The molecule has 0 saturated carbocycles. The van der Waals surface area contributed by atoms with Gasteiger partial charge in [-0.1, -0.05) is 29.8 Å². The highest BCUT2D eigenvalue weighted by atomic mass is 35.5. The van der Waals surface area contributed by atoms with Gasteiger partial charge in [0.05, 0.1) is 11.3 Å². The molecule has 0 atom stereocenters. The minimum Gasteiger partial charge on any atom is -0.322 e. The summed E-state index contributed by atoms with van der Waals surface area (Å²) in [6, 6.07) is 16.5. The first-order chi connectivity index (χ1) is 12.6. The number of anilines is 1. The Kier molecular flexibility index (Phi) is 4.10. The summed E-state index contributed by atoms with van der Waals surface area (Å²) < 4.78 is 1.57. The van der Waals surface area contributed by atoms with E-state index < -0.39 is 0 Å². The molecule has 1 N–H and O–H groups in total. The molecular formula is C19H14ClN5O. The predicted octanol–water partition coefficient (Wildman–Crippen LogP) is 4.01. The molecule has 0 aliphatic carbocycles. The quantitative estimate of drug-likeness (QED) is 0.597. The Morgan fingerprint density at radius 2 is 1.81 bits per heavy atom. The van der Waals surface area contributed by atoms with E-state index in [0.717, 1.165) is 11.3 Å². The zero-order valence-electron chi connectivity index (χ0n) is 13.8. The number of benzene rings is 2. The van der Waals surface area contributed by atoms with Crippen molar-refractivity contribution in [2.45, 2.75) is 6.92 Å². The fourth-order valence-corrected chi connectivity index (χ4v) is 2.73. The summed E-state index contributed by atoms with van der Waals surface area (Å²) in [6.45, 7) is 1.81. The Hall–Kier alpha value is -3.25. The molecule has 2 aromatic heterocycles. The minimum absolute atomic E-state index is 0.244. The van der Waals surface area contributed by atoms with Crippen molar-refractivity contribution in [3.05, 3.63) is 77.1 Å². The monoisotopic (exact) mass is 363 g/mol. The molecule has 128 valence electrons. The highest BCUT2D eigenvalue weighted by Gasteiger charge is 2.16. The van der Waals surface area contributed by atoms with E-state index in [2.05, 4.69) is 20.4 Å². The van der Waals surface area contributed by atoms with E-state index in [9.17, 15) is 4.79 Å². The number of nitrogens with one attached hydrogen (secondary N) is 1. The molecule has 0 radical (unpaired) electrons. The summed E-state index contributed by atoms with van der Waals surface area (Å²) in [7, 11) is 0. The molecule has 2 aromatic carbocycles. The molecule has 1 amide bonds. The summed E-state index contributed by atoms with van der Waals surface area (Å²) >= 11 is 5.92. The summed E-state index contributed by atoms with van der Waals surface area (Å²) in [5.74, 6) is 0.716. The normalized spacial score (nSPS) is 10.8. The molecule has 0 spiro atoms. The Balaban J connectivity index is 1.70. The summed E-state index contributed by atoms with van der Waals surface area (Å²) in [5.41, 5.74) is 2.65. The number of hydrogen-bond donors (Lipinski definition) is 1. The number of rotatable bonds is 3. The maximum Gasteiger partial charge on any atom is 0.259 e. The molecule has 0 unspecified atom stereocenters. The van der Waals surface area contributed by atoms with Crippen LogP contribution in [0.25, 0.3) is 17.2 Å². The Labute approximate surface area is 154 Å². The smallest absolute Gasteiger partial charge is 0.259 e. The van der Waals surface area contributed by atoms with Gasteiger partial charge in [-0.2, -0.15) is 4.98 Å². The standard InChI is InChI=1S/C19H14ClN5O/c1-12-16(18(26)22-15-5-3-2-4-6-15)11-21-19-23-17(24-25(12)19)13-7-9-14(20)10-8-13/h2-11H,1H3,(H,22,26). The van der Waals surface area contributed by atoms with Gasteiger partial charge in [0.15, 0.2) is 5.82 Å². The Bertz CT molecular complexity index is 1090. The number of fused-ring (bicyclic) bond motifs is 1. The van der Waals surface area contributed by atoms with E-state index in [1.165, 1.54) is 6.20 Å². The van der Waals surface area contributed by atoms with Crippen LogP contribution in [0.1, 0.15) is 16.1 Å². The zero-order chi connectivity index (χ0) is 18.1. The molecule has 0 bridgehead atoms. The van der Waals surface area contributed by atoms with Crippen LogP contribution in [0.2, 0.25) is 5.02 Å². The molecular weight excluding hydrogens is 350 g/mol. The van der Waals surface area contributed by atoms with E-state index in [1.54, 1.807) is 16.6 Å². The van der Waals surface area contributed by atoms with Crippen LogP contribution in [0.5, 0.6) is 0 Å². The third-order valence-electron chi connectivity index (χ3n) is 3.99. The second-order valence-electron chi connectivity index (χ2n) is 5.73. The number of aromatic nitrogens is 4. The molecule has 4 aromatic rings. The van der Waals surface area contributed by atoms with Gasteiger partial charge in [-0.3, -0.25) is 4.79 Å². The summed E-state index contributed by atoms with van der Waals surface area (Å²) in [4.78, 5) is 21.3. The lowest BCUT2D eigenvalue weighted by atomic mass is 10.2. The molecule has 2 heterocycles. The molecule has 0 aliphatic heterocycles. The van der Waals surface area contributed by atoms with Crippen LogP contribution < -0.4 is 5.32 Å². The number of halogens is 1. The lowest BCUT2D eigenvalue weighted by Gasteiger charge is -2.07. The second-order valence-corrected chi connectivity index (χ2v) is 6.17. The fraction of sp³-hybridized carbons (Fsp3) is 0.0526. The first-order valence-corrected chi connectivity index (χ1v) is 8.34. The Morgan fingerprint density at radius 1 is 1.08 bits per heavy atom. The number of nitrogens with zero attached hydrogens (tertiary/aromatic N) is 4. The zero-order valence-corrected chi connectivity index (χ0v) is 14.6. The molecule has 6 nitrogen and oxygen atoms in total. The van der Waals surface area contributed by atoms with E-state index in [-0.39, 0.29) is 5.91 Å². The van der Waals surface area contributed by atoms with E-state index >= 15 is 0 Å². The van der Waals surface area contributed by atoms with Crippen molar-refractivity contribution in [3.8, 4) is 11.4 Å². The summed E-state index contributed by atoms with van der Waals surface area (Å²) in [5, 5.41) is 7.98. The first kappa shape index (κ1) is 16.2. The van der Waals surface area contributed by atoms with E-state index in [4.69, 9.17) is 11.6 Å². The SMILES string of the molecule is Cc1c(C(=O)Nc2ccccc2)cnc2nc(-c3ccc(Cl)cc3)nn12. The number of amides is 1. The first-order valence-electron chi connectivity index (χ1n) is 7.96. The van der Waals surface area contributed by atoms with Gasteiger partial charge in [-0.05, 0) is 43.3 Å². The fourth-order valence-electron chi connectivity index (χ4n) is 2.61. The lowest BCUT2D eigenvalue weighted by molar-refractivity contribution is 0.102. The van der Waals surface area contributed by atoms with Crippen LogP contribution in [-0.4, -0.2) is 25.5 Å². The van der Waals surface area contributed by atoms with Crippen LogP contribution in [0.3, 0.4) is 0 Å². The van der Waals surface area contributed by atoms with Gasteiger partial charge < -0.3 is 5.32 Å². The maximum absolute atomic E-state index is 12.6. The van der Waals surface area contributed by atoms with Gasteiger partial charge in [-0.25, -0.2) is 9.50 Å². The molecule has 0 aliphatic rings. The van der Waals surface area contributed by atoms with Gasteiger partial charge in [0.1, 0.15) is 0 Å². The number of carbonyl (C=O) groups excluding carboxylic acids is 1. The van der Waals surface area contributed by atoms with E-state index in [0.29, 0.717) is 27.9 Å². The van der Waals surface area contributed by atoms with Crippen molar-refractivity contribution in [1.29, 1.82) is 0 Å². The van der Waals surface area contributed by atoms with Crippen molar-refractivity contribution in [1.82, 2.24) is 19.6 Å². The average Bonchev–Trinajstić information content (AvgIpc) is 3.08. The van der Waals surface area contributed by atoms with Gasteiger partial charge in [0, 0.05) is 22.5 Å².